The van der Waals surface area contributed by atoms with Gasteiger partial charge in [-0.25, -0.2) is 13.8 Å². The summed E-state index contributed by atoms with van der Waals surface area (Å²) < 4.78 is 38.2. The summed E-state index contributed by atoms with van der Waals surface area (Å²) in [6.07, 6.45) is 12.7. The molecule has 7 nitrogen and oxygen atoms in total. The molecule has 4 aromatic rings. The van der Waals surface area contributed by atoms with Gasteiger partial charge in [0, 0.05) is 24.0 Å². The molecule has 2 aromatic carbocycles. The monoisotopic (exact) mass is 596 g/mol. The Morgan fingerprint density at radius 1 is 1.07 bits per heavy atom. The third kappa shape index (κ3) is 5.04. The Bertz CT molecular complexity index is 1760. The zero-order chi connectivity index (χ0) is 30.3. The summed E-state index contributed by atoms with van der Waals surface area (Å²) in [5, 5.41) is 8.71. The summed E-state index contributed by atoms with van der Waals surface area (Å²) >= 11 is 0. The van der Waals surface area contributed by atoms with E-state index in [1.807, 2.05) is 12.1 Å². The lowest BCUT2D eigenvalue weighted by molar-refractivity contribution is 0.108. The Labute approximate surface area is 256 Å². The first-order valence-electron chi connectivity index (χ1n) is 15.9. The van der Waals surface area contributed by atoms with Crippen molar-refractivity contribution < 1.29 is 13.5 Å². The number of ether oxygens (including phenoxy) is 1. The van der Waals surface area contributed by atoms with Crippen molar-refractivity contribution in [1.29, 1.82) is 0 Å². The van der Waals surface area contributed by atoms with Gasteiger partial charge in [0.15, 0.2) is 5.82 Å². The van der Waals surface area contributed by atoms with Crippen LogP contribution in [0.3, 0.4) is 0 Å². The van der Waals surface area contributed by atoms with Crippen molar-refractivity contribution in [3.8, 4) is 29.6 Å². The first kappa shape index (κ1) is 28.9. The fourth-order valence-electron chi connectivity index (χ4n) is 7.50. The number of aryl methyl sites for hydroxylation is 1. The Kier molecular flexibility index (Phi) is 7.81. The lowest BCUT2D eigenvalue weighted by Crippen LogP contribution is -2.43. The summed E-state index contributed by atoms with van der Waals surface area (Å²) in [6.45, 7) is 7.06. The Hall–Kier alpha value is -3.87. The van der Waals surface area contributed by atoms with Gasteiger partial charge in [-0.15, -0.1) is 6.42 Å². The highest BCUT2D eigenvalue weighted by atomic mass is 19.1. The molecule has 2 N–H and O–H groups in total. The van der Waals surface area contributed by atoms with Gasteiger partial charge in [0.1, 0.15) is 29.5 Å². The highest BCUT2D eigenvalue weighted by Crippen LogP contribution is 2.40. The summed E-state index contributed by atoms with van der Waals surface area (Å²) in [5.41, 5.74) is 1.49. The number of benzene rings is 2. The number of nitrogens with one attached hydrogen (secondary N) is 2. The van der Waals surface area contributed by atoms with Crippen molar-refractivity contribution in [1.82, 2.24) is 25.2 Å². The van der Waals surface area contributed by atoms with Gasteiger partial charge >= 0.3 is 6.01 Å². The van der Waals surface area contributed by atoms with Crippen LogP contribution in [0.4, 0.5) is 14.6 Å². The van der Waals surface area contributed by atoms with Crippen molar-refractivity contribution in [2.24, 2.45) is 5.92 Å². The number of anilines is 1. The number of hydrogen-bond donors (Lipinski definition) is 2. The first-order valence-corrected chi connectivity index (χ1v) is 15.9. The minimum atomic E-state index is -0.597. The SMILES string of the molecule is C#Cc1c(F)ccc2cccc(-c3nc4c5c(nc(OCC67CCCN6CCC7)nc5c3F)NCCNCC(CC)CC4)c12. The fraction of sp³-hybridized carbons (Fsp3) is 0.457. The van der Waals surface area contributed by atoms with Crippen molar-refractivity contribution in [3.63, 3.8) is 0 Å². The molecule has 44 heavy (non-hydrogen) atoms. The van der Waals surface area contributed by atoms with Gasteiger partial charge in [-0.2, -0.15) is 9.97 Å². The smallest absolute Gasteiger partial charge is 0.319 e. The topological polar surface area (TPSA) is 75.2 Å². The molecular formula is C35H38F2N6O. The van der Waals surface area contributed by atoms with E-state index in [1.165, 1.54) is 6.07 Å². The van der Waals surface area contributed by atoms with Crippen LogP contribution in [0.5, 0.6) is 6.01 Å². The molecule has 1 unspecified atom stereocenters. The average molecular weight is 597 g/mol. The zero-order valence-corrected chi connectivity index (χ0v) is 25.2. The Morgan fingerprint density at radius 2 is 1.91 bits per heavy atom. The molecule has 0 spiro atoms. The van der Waals surface area contributed by atoms with Gasteiger partial charge in [0.2, 0.25) is 0 Å². The van der Waals surface area contributed by atoms with E-state index < -0.39 is 11.6 Å². The largest absolute Gasteiger partial charge is 0.461 e. The van der Waals surface area contributed by atoms with E-state index in [1.54, 1.807) is 12.1 Å². The van der Waals surface area contributed by atoms with Crippen LogP contribution in [0, 0.1) is 29.9 Å². The van der Waals surface area contributed by atoms with Crippen LogP contribution in [-0.4, -0.2) is 64.7 Å². The standard InChI is InChI=1S/C35H38F2N6O/c1-3-22-10-13-27-29-32(30(37)31(40-27)25-9-5-8-23-11-12-26(36)24(4-2)28(23)25)41-34(42-33(29)39-17-16-38-20-22)44-21-35-14-6-18-43(35)19-7-15-35/h2,5,8-9,11-12,22,38H,3,6-7,10,13-21H2,1H3,(H,39,41,42). The van der Waals surface area contributed by atoms with Gasteiger partial charge in [0.25, 0.3) is 0 Å². The van der Waals surface area contributed by atoms with E-state index in [2.05, 4.69) is 28.4 Å². The molecule has 0 amide bonds. The highest BCUT2D eigenvalue weighted by Gasteiger charge is 2.45. The number of aromatic nitrogens is 3. The normalized spacial score (nSPS) is 20.2. The molecule has 2 fully saturated rings. The van der Waals surface area contributed by atoms with E-state index in [-0.39, 0.29) is 28.3 Å². The summed E-state index contributed by atoms with van der Waals surface area (Å²) in [4.78, 5) is 17.0. The highest BCUT2D eigenvalue weighted by molar-refractivity contribution is 6.02. The number of rotatable bonds is 5. The zero-order valence-electron chi connectivity index (χ0n) is 25.2. The van der Waals surface area contributed by atoms with Gasteiger partial charge in [-0.1, -0.05) is 43.5 Å². The van der Waals surface area contributed by atoms with E-state index in [9.17, 15) is 4.39 Å². The number of halogens is 2. The van der Waals surface area contributed by atoms with E-state index in [0.717, 1.165) is 64.7 Å². The molecule has 0 aliphatic carbocycles. The molecular weight excluding hydrogens is 558 g/mol. The number of hydrogen-bond acceptors (Lipinski definition) is 7. The molecule has 9 heteroatoms. The minimum Gasteiger partial charge on any atom is -0.461 e. The summed E-state index contributed by atoms with van der Waals surface area (Å²) in [5.74, 6) is 2.32. The number of terminal acetylenes is 1. The summed E-state index contributed by atoms with van der Waals surface area (Å²) in [7, 11) is 0. The van der Waals surface area contributed by atoms with E-state index >= 15 is 4.39 Å². The lowest BCUT2D eigenvalue weighted by Gasteiger charge is -2.31. The van der Waals surface area contributed by atoms with Gasteiger partial charge in [-0.3, -0.25) is 4.90 Å². The maximum atomic E-state index is 16.9. The predicted octanol–water partition coefficient (Wildman–Crippen LogP) is 6.09. The number of nitrogens with zero attached hydrogens (tertiary/aromatic N) is 4. The van der Waals surface area contributed by atoms with Crippen LogP contribution >= 0.6 is 0 Å². The summed E-state index contributed by atoms with van der Waals surface area (Å²) in [6, 6.07) is 8.58. The molecule has 0 bridgehead atoms. The number of pyridine rings is 1. The number of fused-ring (bicyclic) bond motifs is 2. The van der Waals surface area contributed by atoms with Crippen molar-refractivity contribution in [2.45, 2.75) is 57.4 Å². The second-order valence-electron chi connectivity index (χ2n) is 12.4. The molecule has 0 saturated carbocycles. The van der Waals surface area contributed by atoms with Crippen LogP contribution < -0.4 is 15.4 Å². The third-order valence-corrected chi connectivity index (χ3v) is 9.91. The molecule has 2 aromatic heterocycles. The molecule has 228 valence electrons. The maximum Gasteiger partial charge on any atom is 0.319 e. The molecule has 2 saturated heterocycles. The van der Waals surface area contributed by atoms with E-state index in [0.29, 0.717) is 58.7 Å². The van der Waals surface area contributed by atoms with Crippen molar-refractivity contribution in [3.05, 3.63) is 53.2 Å². The lowest BCUT2D eigenvalue weighted by atomic mass is 9.94. The first-order chi connectivity index (χ1) is 21.5. The van der Waals surface area contributed by atoms with Crippen LogP contribution in [0.2, 0.25) is 0 Å². The van der Waals surface area contributed by atoms with Gasteiger partial charge < -0.3 is 15.4 Å². The molecule has 1 atom stereocenters. The van der Waals surface area contributed by atoms with Gasteiger partial charge in [-0.05, 0) is 75.5 Å². The molecule has 5 heterocycles. The predicted molar refractivity (Wildman–Crippen MR) is 170 cm³/mol. The van der Waals surface area contributed by atoms with Crippen molar-refractivity contribution in [2.75, 3.05) is 44.6 Å². The third-order valence-electron chi connectivity index (χ3n) is 9.91. The Morgan fingerprint density at radius 3 is 2.70 bits per heavy atom. The fourth-order valence-corrected chi connectivity index (χ4v) is 7.50. The quantitative estimate of drug-likeness (QED) is 0.270. The minimum absolute atomic E-state index is 0.00446. The second-order valence-corrected chi connectivity index (χ2v) is 12.4. The molecule has 0 radical (unpaired) electrons. The van der Waals surface area contributed by atoms with Crippen LogP contribution in [0.15, 0.2) is 30.3 Å². The average Bonchev–Trinajstić information content (AvgIpc) is 3.61. The van der Waals surface area contributed by atoms with Gasteiger partial charge in [0.05, 0.1) is 22.2 Å². The molecule has 7 rings (SSSR count). The molecule has 3 aliphatic rings. The van der Waals surface area contributed by atoms with Crippen molar-refractivity contribution >= 4 is 27.5 Å². The van der Waals surface area contributed by atoms with E-state index in [4.69, 9.17) is 26.1 Å². The van der Waals surface area contributed by atoms with Crippen LogP contribution in [0.1, 0.15) is 56.7 Å². The maximum absolute atomic E-state index is 16.9. The van der Waals surface area contributed by atoms with Crippen LogP contribution in [-0.2, 0) is 6.42 Å². The Balaban J connectivity index is 1.41. The van der Waals surface area contributed by atoms with Crippen LogP contribution in [0.25, 0.3) is 32.9 Å². The second kappa shape index (κ2) is 11.9. The molecule has 3 aliphatic heterocycles.